The van der Waals surface area contributed by atoms with E-state index in [1.807, 2.05) is 24.3 Å². The Bertz CT molecular complexity index is 601. The van der Waals surface area contributed by atoms with Crippen molar-refractivity contribution < 1.29 is 9.53 Å². The molecular weight excluding hydrogens is 256 g/mol. The van der Waals surface area contributed by atoms with Gasteiger partial charge in [0.2, 0.25) is 5.91 Å². The van der Waals surface area contributed by atoms with Crippen LogP contribution in [0.25, 0.3) is 10.9 Å². The molecule has 0 aliphatic heterocycles. The topological polar surface area (TPSA) is 89.3 Å². The third-order valence-corrected chi connectivity index (χ3v) is 2.86. The minimum Gasteiger partial charge on any atom is -0.396 e. The van der Waals surface area contributed by atoms with Crippen molar-refractivity contribution in [3.8, 4) is 0 Å². The predicted octanol–water partition coefficient (Wildman–Crippen LogP) is 0.992. The largest absolute Gasteiger partial charge is 0.396 e. The Labute approximate surface area is 117 Å². The summed E-state index contributed by atoms with van der Waals surface area (Å²) in [5.41, 5.74) is 8.01. The first-order valence-corrected chi connectivity index (χ1v) is 6.35. The van der Waals surface area contributed by atoms with Crippen molar-refractivity contribution in [3.05, 3.63) is 30.5 Å². The van der Waals surface area contributed by atoms with Crippen molar-refractivity contribution in [2.45, 2.75) is 0 Å². The lowest BCUT2D eigenvalue weighted by molar-refractivity contribution is -0.119. The van der Waals surface area contributed by atoms with Gasteiger partial charge >= 0.3 is 0 Å². The zero-order chi connectivity index (χ0) is 14.4. The third-order valence-electron chi connectivity index (χ3n) is 2.86. The first kappa shape index (κ1) is 14.1. The van der Waals surface area contributed by atoms with Gasteiger partial charge in [-0.15, -0.1) is 0 Å². The molecule has 2 aromatic rings. The number of amides is 1. The van der Waals surface area contributed by atoms with Crippen LogP contribution >= 0.6 is 0 Å². The van der Waals surface area contributed by atoms with Gasteiger partial charge in [-0.05, 0) is 6.07 Å². The Hall–Kier alpha value is -2.34. The summed E-state index contributed by atoms with van der Waals surface area (Å²) < 4.78 is 4.87. The summed E-state index contributed by atoms with van der Waals surface area (Å²) in [4.78, 5) is 15.9. The van der Waals surface area contributed by atoms with E-state index in [1.165, 1.54) is 0 Å². The van der Waals surface area contributed by atoms with E-state index in [9.17, 15) is 4.79 Å². The molecule has 1 heterocycles. The third kappa shape index (κ3) is 3.36. The van der Waals surface area contributed by atoms with Crippen LogP contribution in [0.4, 0.5) is 11.4 Å². The molecule has 1 aromatic heterocycles. The molecule has 0 spiro atoms. The molecule has 0 bridgehead atoms. The number of carbonyl (C=O) groups is 1. The number of para-hydroxylation sites is 1. The fraction of sp³-hybridized carbons (Fsp3) is 0.286. The van der Waals surface area contributed by atoms with Gasteiger partial charge in [0, 0.05) is 19.0 Å². The molecule has 0 saturated carbocycles. The number of nitrogens with two attached hydrogens (primary N) is 1. The quantitative estimate of drug-likeness (QED) is 0.684. The number of carbonyl (C=O) groups excluding carboxylic acids is 1. The van der Waals surface area contributed by atoms with Crippen LogP contribution in [-0.4, -0.2) is 37.7 Å². The number of anilines is 2. The van der Waals surface area contributed by atoms with Crippen LogP contribution in [0.1, 0.15) is 0 Å². The van der Waals surface area contributed by atoms with Gasteiger partial charge < -0.3 is 21.1 Å². The summed E-state index contributed by atoms with van der Waals surface area (Å²) in [5, 5.41) is 6.70. The molecule has 0 aliphatic carbocycles. The number of nitrogen functional groups attached to an aromatic ring is 1. The molecule has 106 valence electrons. The van der Waals surface area contributed by atoms with Gasteiger partial charge in [-0.3, -0.25) is 9.78 Å². The fourth-order valence-corrected chi connectivity index (χ4v) is 1.88. The molecule has 6 heteroatoms. The van der Waals surface area contributed by atoms with Gasteiger partial charge in [0.1, 0.15) is 0 Å². The molecule has 1 amide bonds. The average Bonchev–Trinajstić information content (AvgIpc) is 2.46. The Morgan fingerprint density at radius 3 is 3.00 bits per heavy atom. The Kier molecular flexibility index (Phi) is 4.73. The van der Waals surface area contributed by atoms with Crippen molar-refractivity contribution in [3.63, 3.8) is 0 Å². The lowest BCUT2D eigenvalue weighted by atomic mass is 10.1. The SMILES string of the molecule is COCCNC(=O)CNc1c(N)cnc2ccccc12. The van der Waals surface area contributed by atoms with Crippen LogP contribution in [0.2, 0.25) is 0 Å². The van der Waals surface area contributed by atoms with Gasteiger partial charge in [-0.25, -0.2) is 0 Å². The van der Waals surface area contributed by atoms with Crippen molar-refractivity contribution in [2.75, 3.05) is 37.9 Å². The lowest BCUT2D eigenvalue weighted by Crippen LogP contribution is -2.32. The fourth-order valence-electron chi connectivity index (χ4n) is 1.88. The highest BCUT2D eigenvalue weighted by Gasteiger charge is 2.07. The number of fused-ring (bicyclic) bond motifs is 1. The van der Waals surface area contributed by atoms with Gasteiger partial charge in [-0.2, -0.15) is 0 Å². The number of rotatable bonds is 6. The summed E-state index contributed by atoms with van der Waals surface area (Å²) >= 11 is 0. The summed E-state index contributed by atoms with van der Waals surface area (Å²) in [7, 11) is 1.59. The van der Waals surface area contributed by atoms with E-state index in [0.717, 1.165) is 16.6 Å². The highest BCUT2D eigenvalue weighted by Crippen LogP contribution is 2.27. The zero-order valence-electron chi connectivity index (χ0n) is 11.3. The van der Waals surface area contributed by atoms with E-state index in [1.54, 1.807) is 13.3 Å². The second-order valence-corrected chi connectivity index (χ2v) is 4.30. The predicted molar refractivity (Wildman–Crippen MR) is 79.5 cm³/mol. The van der Waals surface area contributed by atoms with Crippen molar-refractivity contribution in [1.82, 2.24) is 10.3 Å². The molecule has 0 radical (unpaired) electrons. The molecule has 0 saturated heterocycles. The number of hydrogen-bond donors (Lipinski definition) is 3. The maximum atomic E-state index is 11.7. The summed E-state index contributed by atoms with van der Waals surface area (Å²) in [5.74, 6) is -0.109. The smallest absolute Gasteiger partial charge is 0.239 e. The Morgan fingerprint density at radius 2 is 2.20 bits per heavy atom. The summed E-state index contributed by atoms with van der Waals surface area (Å²) in [6.45, 7) is 1.14. The van der Waals surface area contributed by atoms with Gasteiger partial charge in [0.05, 0.1) is 36.2 Å². The van der Waals surface area contributed by atoms with Crippen LogP contribution in [0.5, 0.6) is 0 Å². The molecule has 4 N–H and O–H groups in total. The monoisotopic (exact) mass is 274 g/mol. The molecule has 0 atom stereocenters. The standard InChI is InChI=1S/C14H18N4O2/c1-20-7-6-16-13(19)9-18-14-10-4-2-3-5-12(10)17-8-11(14)15/h2-5,8H,6-7,9,15H2,1H3,(H,16,19)(H,17,18). The van der Waals surface area contributed by atoms with Crippen LogP contribution in [-0.2, 0) is 9.53 Å². The van der Waals surface area contributed by atoms with Gasteiger partial charge in [0.15, 0.2) is 0 Å². The maximum Gasteiger partial charge on any atom is 0.239 e. The maximum absolute atomic E-state index is 11.7. The number of aromatic nitrogens is 1. The minimum absolute atomic E-state index is 0.109. The van der Waals surface area contributed by atoms with E-state index in [0.29, 0.717) is 18.8 Å². The lowest BCUT2D eigenvalue weighted by Gasteiger charge is -2.12. The minimum atomic E-state index is -0.109. The van der Waals surface area contributed by atoms with E-state index in [2.05, 4.69) is 15.6 Å². The first-order valence-electron chi connectivity index (χ1n) is 6.35. The van der Waals surface area contributed by atoms with Crippen LogP contribution in [0, 0.1) is 0 Å². The van der Waals surface area contributed by atoms with Gasteiger partial charge in [-0.1, -0.05) is 18.2 Å². The highest BCUT2D eigenvalue weighted by atomic mass is 16.5. The number of benzene rings is 1. The number of methoxy groups -OCH3 is 1. The van der Waals surface area contributed by atoms with Crippen LogP contribution in [0.3, 0.4) is 0 Å². The van der Waals surface area contributed by atoms with E-state index < -0.39 is 0 Å². The average molecular weight is 274 g/mol. The Morgan fingerprint density at radius 1 is 1.40 bits per heavy atom. The molecule has 2 rings (SSSR count). The Balaban J connectivity index is 2.06. The van der Waals surface area contributed by atoms with Gasteiger partial charge in [0.25, 0.3) is 0 Å². The summed E-state index contributed by atoms with van der Waals surface area (Å²) in [6.07, 6.45) is 1.59. The number of nitrogens with one attached hydrogen (secondary N) is 2. The molecule has 1 aromatic carbocycles. The second-order valence-electron chi connectivity index (χ2n) is 4.30. The van der Waals surface area contributed by atoms with Crippen molar-refractivity contribution in [1.29, 1.82) is 0 Å². The van der Waals surface area contributed by atoms with E-state index in [-0.39, 0.29) is 12.5 Å². The van der Waals surface area contributed by atoms with E-state index >= 15 is 0 Å². The van der Waals surface area contributed by atoms with Crippen molar-refractivity contribution >= 4 is 28.2 Å². The molecule has 0 aliphatic rings. The number of nitrogens with zero attached hydrogens (tertiary/aromatic N) is 1. The zero-order valence-corrected chi connectivity index (χ0v) is 11.3. The molecule has 6 nitrogen and oxygen atoms in total. The number of pyridine rings is 1. The van der Waals surface area contributed by atoms with E-state index in [4.69, 9.17) is 10.5 Å². The summed E-state index contributed by atoms with van der Waals surface area (Å²) in [6, 6.07) is 7.64. The molecule has 0 fully saturated rings. The molecule has 20 heavy (non-hydrogen) atoms. The van der Waals surface area contributed by atoms with Crippen LogP contribution in [0.15, 0.2) is 30.5 Å². The first-order chi connectivity index (χ1) is 9.72. The van der Waals surface area contributed by atoms with Crippen molar-refractivity contribution in [2.24, 2.45) is 0 Å². The molecule has 0 unspecified atom stereocenters. The van der Waals surface area contributed by atoms with Crippen LogP contribution < -0.4 is 16.4 Å². The number of hydrogen-bond acceptors (Lipinski definition) is 5. The molecular formula is C14H18N4O2. The number of ether oxygens (including phenoxy) is 1. The normalized spacial score (nSPS) is 10.4. The highest BCUT2D eigenvalue weighted by molar-refractivity contribution is 5.98. The second kappa shape index (κ2) is 6.72.